The van der Waals surface area contributed by atoms with Crippen LogP contribution < -0.4 is 16.4 Å². The van der Waals surface area contributed by atoms with E-state index in [1.54, 1.807) is 0 Å². The zero-order valence-corrected chi connectivity index (χ0v) is 11.7. The summed E-state index contributed by atoms with van der Waals surface area (Å²) >= 11 is 0. The predicted octanol–water partition coefficient (Wildman–Crippen LogP) is 0.0108. The summed E-state index contributed by atoms with van der Waals surface area (Å²) in [6, 6.07) is 4.09. The van der Waals surface area contributed by atoms with Crippen LogP contribution in [-0.4, -0.2) is 55.0 Å². The van der Waals surface area contributed by atoms with Crippen molar-refractivity contribution in [2.75, 3.05) is 44.6 Å². The van der Waals surface area contributed by atoms with Gasteiger partial charge in [0.05, 0.1) is 10.5 Å². The highest BCUT2D eigenvalue weighted by Gasteiger charge is 2.15. The second-order valence-electron chi connectivity index (χ2n) is 4.87. The fourth-order valence-corrected chi connectivity index (χ4v) is 2.29. The molecule has 0 spiro atoms. The molecule has 21 heavy (non-hydrogen) atoms. The summed E-state index contributed by atoms with van der Waals surface area (Å²) in [5.74, 6) is -0.677. The highest BCUT2D eigenvalue weighted by Crippen LogP contribution is 2.21. The van der Waals surface area contributed by atoms with E-state index in [2.05, 4.69) is 15.5 Å². The van der Waals surface area contributed by atoms with Crippen molar-refractivity contribution >= 4 is 17.3 Å². The van der Waals surface area contributed by atoms with Gasteiger partial charge < -0.3 is 16.4 Å². The topological polar surface area (TPSA) is 114 Å². The van der Waals surface area contributed by atoms with Gasteiger partial charge in [-0.3, -0.25) is 19.8 Å². The number of anilines is 1. The van der Waals surface area contributed by atoms with Gasteiger partial charge in [-0.25, -0.2) is 0 Å². The van der Waals surface area contributed by atoms with Crippen LogP contribution in [0.15, 0.2) is 18.2 Å². The maximum atomic E-state index is 11.4. The lowest BCUT2D eigenvalue weighted by molar-refractivity contribution is -0.384. The first-order valence-electron chi connectivity index (χ1n) is 6.83. The Balaban J connectivity index is 1.98. The second-order valence-corrected chi connectivity index (χ2v) is 4.87. The first-order chi connectivity index (χ1) is 10.1. The number of carbonyl (C=O) groups is 1. The van der Waals surface area contributed by atoms with E-state index in [0.29, 0.717) is 12.2 Å². The normalized spacial score (nSPS) is 15.6. The van der Waals surface area contributed by atoms with E-state index in [0.717, 1.165) is 32.7 Å². The molecule has 0 atom stereocenters. The molecule has 114 valence electrons. The predicted molar refractivity (Wildman–Crippen MR) is 79.4 cm³/mol. The van der Waals surface area contributed by atoms with Crippen molar-refractivity contribution in [2.24, 2.45) is 5.73 Å². The minimum absolute atomic E-state index is 0.142. The number of non-ortho nitro benzene ring substituents is 1. The number of amides is 1. The summed E-state index contributed by atoms with van der Waals surface area (Å²) in [6.07, 6.45) is 0. The van der Waals surface area contributed by atoms with Gasteiger partial charge in [0, 0.05) is 57.1 Å². The maximum Gasteiger partial charge on any atom is 0.270 e. The number of primary amides is 1. The number of rotatable bonds is 6. The quantitative estimate of drug-likeness (QED) is 0.503. The number of hydrogen-bond acceptors (Lipinski definition) is 6. The van der Waals surface area contributed by atoms with Crippen molar-refractivity contribution < 1.29 is 9.72 Å². The van der Waals surface area contributed by atoms with E-state index < -0.39 is 10.8 Å². The number of nitrogens with zero attached hydrogens (tertiary/aromatic N) is 2. The van der Waals surface area contributed by atoms with Crippen LogP contribution in [0.5, 0.6) is 0 Å². The number of hydrogen-bond donors (Lipinski definition) is 3. The van der Waals surface area contributed by atoms with E-state index in [-0.39, 0.29) is 11.3 Å². The highest BCUT2D eigenvalue weighted by molar-refractivity contribution is 5.99. The number of benzene rings is 1. The maximum absolute atomic E-state index is 11.4. The lowest BCUT2D eigenvalue weighted by Crippen LogP contribution is -2.45. The second kappa shape index (κ2) is 7.00. The summed E-state index contributed by atoms with van der Waals surface area (Å²) in [7, 11) is 0. The zero-order chi connectivity index (χ0) is 15.2. The Morgan fingerprint density at radius 1 is 1.43 bits per heavy atom. The molecule has 0 bridgehead atoms. The molecule has 2 rings (SSSR count). The summed E-state index contributed by atoms with van der Waals surface area (Å²) < 4.78 is 0. The van der Waals surface area contributed by atoms with Crippen molar-refractivity contribution in [1.29, 1.82) is 0 Å². The lowest BCUT2D eigenvalue weighted by atomic mass is 10.1. The van der Waals surface area contributed by atoms with Gasteiger partial charge in [0.2, 0.25) is 0 Å². The fourth-order valence-electron chi connectivity index (χ4n) is 2.29. The summed E-state index contributed by atoms with van der Waals surface area (Å²) in [6.45, 7) is 5.43. The van der Waals surface area contributed by atoms with Gasteiger partial charge in [0.15, 0.2) is 0 Å². The molecule has 1 aromatic rings. The molecule has 4 N–H and O–H groups in total. The minimum Gasteiger partial charge on any atom is -0.383 e. The van der Waals surface area contributed by atoms with Crippen LogP contribution >= 0.6 is 0 Å². The van der Waals surface area contributed by atoms with Crippen LogP contribution in [0.25, 0.3) is 0 Å². The molecule has 8 nitrogen and oxygen atoms in total. The van der Waals surface area contributed by atoms with Gasteiger partial charge in [-0.05, 0) is 6.07 Å². The fraction of sp³-hybridized carbons (Fsp3) is 0.462. The first-order valence-corrected chi connectivity index (χ1v) is 6.83. The van der Waals surface area contributed by atoms with Crippen LogP contribution in [0.1, 0.15) is 10.4 Å². The largest absolute Gasteiger partial charge is 0.383 e. The smallest absolute Gasteiger partial charge is 0.270 e. The van der Waals surface area contributed by atoms with Crippen LogP contribution in [0.2, 0.25) is 0 Å². The van der Waals surface area contributed by atoms with Crippen LogP contribution in [-0.2, 0) is 0 Å². The Bertz CT molecular complexity index is 529. The average molecular weight is 293 g/mol. The molecule has 0 saturated carbocycles. The molecule has 1 aliphatic heterocycles. The first kappa shape index (κ1) is 15.2. The summed E-state index contributed by atoms with van der Waals surface area (Å²) in [5.41, 5.74) is 5.81. The van der Waals surface area contributed by atoms with Crippen molar-refractivity contribution in [1.82, 2.24) is 10.2 Å². The molecule has 0 radical (unpaired) electrons. The molecule has 1 heterocycles. The molecule has 0 aromatic heterocycles. The molecule has 1 saturated heterocycles. The van der Waals surface area contributed by atoms with Crippen molar-refractivity contribution in [3.63, 3.8) is 0 Å². The van der Waals surface area contributed by atoms with Crippen LogP contribution in [0.3, 0.4) is 0 Å². The van der Waals surface area contributed by atoms with Gasteiger partial charge in [-0.15, -0.1) is 0 Å². The van der Waals surface area contributed by atoms with Gasteiger partial charge in [0.25, 0.3) is 11.6 Å². The zero-order valence-electron chi connectivity index (χ0n) is 11.7. The SMILES string of the molecule is NC(=O)c1cc([N+](=O)[O-])ccc1NCCN1CCNCC1. The number of carbonyl (C=O) groups excluding carboxylic acids is 1. The monoisotopic (exact) mass is 293 g/mol. The van der Waals surface area contributed by atoms with Gasteiger partial charge in [-0.1, -0.05) is 0 Å². The molecule has 1 aliphatic rings. The average Bonchev–Trinajstić information content (AvgIpc) is 2.48. The highest BCUT2D eigenvalue weighted by atomic mass is 16.6. The van der Waals surface area contributed by atoms with E-state index in [1.165, 1.54) is 18.2 Å². The number of nitrogens with one attached hydrogen (secondary N) is 2. The molecular formula is C13H19N5O3. The Morgan fingerprint density at radius 3 is 2.76 bits per heavy atom. The number of nitro groups is 1. The van der Waals surface area contributed by atoms with Crippen LogP contribution in [0.4, 0.5) is 11.4 Å². The van der Waals surface area contributed by atoms with Gasteiger partial charge in [-0.2, -0.15) is 0 Å². The van der Waals surface area contributed by atoms with Crippen molar-refractivity contribution in [2.45, 2.75) is 0 Å². The van der Waals surface area contributed by atoms with Crippen molar-refractivity contribution in [3.8, 4) is 0 Å². The molecular weight excluding hydrogens is 274 g/mol. The Labute approximate surface area is 122 Å². The third-order valence-corrected chi connectivity index (χ3v) is 3.43. The molecule has 0 aliphatic carbocycles. The van der Waals surface area contributed by atoms with E-state index >= 15 is 0 Å². The third kappa shape index (κ3) is 4.14. The molecule has 1 aromatic carbocycles. The Hall–Kier alpha value is -2.19. The molecule has 1 fully saturated rings. The lowest BCUT2D eigenvalue weighted by Gasteiger charge is -2.27. The van der Waals surface area contributed by atoms with Crippen LogP contribution in [0, 0.1) is 10.1 Å². The summed E-state index contributed by atoms with van der Waals surface area (Å²) in [4.78, 5) is 23.9. The standard InChI is InChI=1S/C13H19N5O3/c14-13(19)11-9-10(18(20)21)1-2-12(11)16-5-8-17-6-3-15-4-7-17/h1-2,9,15-16H,3-8H2,(H2,14,19). The third-order valence-electron chi connectivity index (χ3n) is 3.43. The number of nitrogens with two attached hydrogens (primary N) is 1. The van der Waals surface area contributed by atoms with Gasteiger partial charge >= 0.3 is 0 Å². The van der Waals surface area contributed by atoms with E-state index in [9.17, 15) is 14.9 Å². The van der Waals surface area contributed by atoms with E-state index in [1.807, 2.05) is 0 Å². The van der Waals surface area contributed by atoms with Gasteiger partial charge in [0.1, 0.15) is 0 Å². The van der Waals surface area contributed by atoms with E-state index in [4.69, 9.17) is 5.73 Å². The number of piperazine rings is 1. The van der Waals surface area contributed by atoms with Crippen molar-refractivity contribution in [3.05, 3.63) is 33.9 Å². The molecule has 1 amide bonds. The molecule has 8 heteroatoms. The number of nitro benzene ring substituents is 1. The summed E-state index contributed by atoms with van der Waals surface area (Å²) in [5, 5.41) is 17.1. The minimum atomic E-state index is -0.677. The Morgan fingerprint density at radius 2 is 2.14 bits per heavy atom. The molecule has 0 unspecified atom stereocenters. The Kier molecular flexibility index (Phi) is 5.07.